The van der Waals surface area contributed by atoms with Crippen LogP contribution in [0, 0.1) is 5.92 Å². The number of nitrogens with two attached hydrogens (primary N) is 1. The fraction of sp³-hybridized carbons (Fsp3) is 0.400. The molecule has 12 heteroatoms. The fourth-order valence-corrected chi connectivity index (χ4v) is 8.49. The first-order chi connectivity index (χ1) is 17.9. The zero-order valence-corrected chi connectivity index (χ0v) is 21.3. The lowest BCUT2D eigenvalue weighted by atomic mass is 10.1. The van der Waals surface area contributed by atoms with Crippen LogP contribution in [0.15, 0.2) is 30.3 Å². The average molecular weight is 522 g/mol. The first kappa shape index (κ1) is 23.7. The summed E-state index contributed by atoms with van der Waals surface area (Å²) in [5, 5.41) is 21.3. The van der Waals surface area contributed by atoms with E-state index in [-0.39, 0.29) is 40.3 Å². The number of H-pyrrole nitrogens is 1. The van der Waals surface area contributed by atoms with Gasteiger partial charge in [-0.15, -0.1) is 10.2 Å². The van der Waals surface area contributed by atoms with Crippen LogP contribution in [0.2, 0.25) is 0 Å². The Morgan fingerprint density at radius 3 is 2.41 bits per heavy atom. The van der Waals surface area contributed by atoms with Crippen LogP contribution < -0.4 is 26.5 Å². The number of nitrogens with zero attached hydrogens (tertiary/aromatic N) is 3. The molecule has 11 nitrogen and oxygen atoms in total. The second-order valence-corrected chi connectivity index (χ2v) is 13.3. The Kier molecular flexibility index (Phi) is 5.75. The molecule has 6 rings (SSSR count). The van der Waals surface area contributed by atoms with E-state index in [4.69, 9.17) is 10.5 Å². The molecule has 2 aromatic heterocycles. The van der Waals surface area contributed by atoms with Crippen molar-refractivity contribution in [3.63, 3.8) is 0 Å². The first-order valence-electron chi connectivity index (χ1n) is 12.5. The van der Waals surface area contributed by atoms with Crippen LogP contribution in [0.4, 0.5) is 17.2 Å². The van der Waals surface area contributed by atoms with Gasteiger partial charge in [-0.3, -0.25) is 14.7 Å². The maximum absolute atomic E-state index is 13.9. The Hall–Kier alpha value is -3.72. The van der Waals surface area contributed by atoms with E-state index >= 15 is 0 Å². The number of primary amides is 1. The van der Waals surface area contributed by atoms with Gasteiger partial charge in [0, 0.05) is 28.9 Å². The van der Waals surface area contributed by atoms with E-state index in [1.165, 1.54) is 13.2 Å². The van der Waals surface area contributed by atoms with E-state index in [2.05, 4.69) is 31.0 Å². The largest absolute Gasteiger partial charge is 0.494 e. The molecule has 0 unspecified atom stereocenters. The summed E-state index contributed by atoms with van der Waals surface area (Å²) in [6.07, 6.45) is 5.73. The molecule has 0 spiro atoms. The summed E-state index contributed by atoms with van der Waals surface area (Å²) in [4.78, 5) is 24.2. The Morgan fingerprint density at radius 1 is 1.05 bits per heavy atom. The number of rotatable bonds is 10. The number of carbonyl (C=O) groups excluding carboxylic acids is 2. The number of ether oxygens (including phenoxy) is 1. The number of methoxy groups -OCH3 is 1. The van der Waals surface area contributed by atoms with Crippen molar-refractivity contribution in [2.75, 3.05) is 17.7 Å². The highest BCUT2D eigenvalue weighted by molar-refractivity contribution is 7.73. The third-order valence-electron chi connectivity index (χ3n) is 7.11. The van der Waals surface area contributed by atoms with Crippen LogP contribution in [-0.2, 0) is 9.36 Å². The first-order valence-corrected chi connectivity index (χ1v) is 14.3. The number of hydrogen-bond acceptors (Lipinski definition) is 8. The van der Waals surface area contributed by atoms with Crippen molar-refractivity contribution >= 4 is 41.6 Å². The third-order valence-corrected chi connectivity index (χ3v) is 11.3. The summed E-state index contributed by atoms with van der Waals surface area (Å²) >= 11 is 0. The average Bonchev–Trinajstić information content (AvgIpc) is 3.74. The van der Waals surface area contributed by atoms with E-state index in [1.54, 1.807) is 6.07 Å². The predicted molar refractivity (Wildman–Crippen MR) is 139 cm³/mol. The number of para-hydroxylation sites is 1. The zero-order chi connectivity index (χ0) is 25.7. The standard InChI is InChI=1S/C25H28N7O4P/c1-36-23-16(18-12-21(31-29-18)37(35,14-7-8-14)15-9-10-15)3-2-4-17(23)27-19-11-20(28-25(34)13-5-6-13)30-32-22(19)24(26)33/h2-4,11-15H,5-10H2,1H3,(H2,26,33)(H,29,31)(H2,27,28,30,34). The minimum Gasteiger partial charge on any atom is -0.494 e. The van der Waals surface area contributed by atoms with Gasteiger partial charge in [-0.2, -0.15) is 5.10 Å². The highest BCUT2D eigenvalue weighted by Crippen LogP contribution is 2.69. The van der Waals surface area contributed by atoms with Crippen molar-refractivity contribution in [2.45, 2.75) is 49.8 Å². The molecule has 1 aromatic carbocycles. The minimum atomic E-state index is -2.50. The Labute approximate surface area is 213 Å². The number of nitrogens with one attached hydrogen (secondary N) is 3. The molecule has 192 valence electrons. The Bertz CT molecular complexity index is 1430. The van der Waals surface area contributed by atoms with E-state index in [0.29, 0.717) is 22.7 Å². The van der Waals surface area contributed by atoms with E-state index in [0.717, 1.165) is 44.0 Å². The van der Waals surface area contributed by atoms with Crippen molar-refractivity contribution < 1.29 is 18.9 Å². The second-order valence-electron chi connectivity index (χ2n) is 9.94. The van der Waals surface area contributed by atoms with Gasteiger partial charge in [0.2, 0.25) is 5.91 Å². The van der Waals surface area contributed by atoms with Crippen LogP contribution in [0.1, 0.15) is 49.0 Å². The lowest BCUT2D eigenvalue weighted by Crippen LogP contribution is -2.19. The molecule has 0 atom stereocenters. The molecule has 3 saturated carbocycles. The van der Waals surface area contributed by atoms with Crippen LogP contribution in [0.25, 0.3) is 11.3 Å². The highest BCUT2D eigenvalue weighted by Gasteiger charge is 2.52. The number of anilines is 3. The number of aromatic amines is 1. The lowest BCUT2D eigenvalue weighted by Gasteiger charge is -2.16. The quantitative estimate of drug-likeness (QED) is 0.295. The molecule has 2 amide bonds. The molecule has 3 aromatic rings. The van der Waals surface area contributed by atoms with Gasteiger partial charge in [-0.05, 0) is 56.7 Å². The van der Waals surface area contributed by atoms with Crippen LogP contribution in [-0.4, -0.2) is 50.6 Å². The summed E-state index contributed by atoms with van der Waals surface area (Å²) in [5.74, 6) is -0.218. The Balaban J connectivity index is 1.33. The van der Waals surface area contributed by atoms with Gasteiger partial charge in [0.15, 0.2) is 17.3 Å². The van der Waals surface area contributed by atoms with Gasteiger partial charge >= 0.3 is 0 Å². The maximum atomic E-state index is 13.9. The minimum absolute atomic E-state index is 0.0142. The molecular weight excluding hydrogens is 493 g/mol. The topological polar surface area (TPSA) is 165 Å². The Morgan fingerprint density at radius 2 is 1.78 bits per heavy atom. The van der Waals surface area contributed by atoms with Crippen molar-refractivity contribution in [3.8, 4) is 17.0 Å². The molecule has 0 aliphatic heterocycles. The number of carbonyl (C=O) groups is 2. The summed E-state index contributed by atoms with van der Waals surface area (Å²) in [5.41, 5.74) is 8.85. The van der Waals surface area contributed by atoms with Crippen LogP contribution in [0.3, 0.4) is 0 Å². The molecule has 0 radical (unpaired) electrons. The SMILES string of the molecule is COc1c(Nc2cc(NC(=O)C3CC3)nnc2C(N)=O)cccc1-c1cc(P(=O)(C2CC2)C2CC2)[nH]n1. The maximum Gasteiger partial charge on any atom is 0.271 e. The van der Waals surface area contributed by atoms with E-state index < -0.39 is 13.0 Å². The fourth-order valence-electron chi connectivity index (χ4n) is 4.74. The van der Waals surface area contributed by atoms with Gasteiger partial charge in [-0.1, -0.05) is 6.07 Å². The second kappa shape index (κ2) is 8.99. The van der Waals surface area contributed by atoms with E-state index in [1.807, 2.05) is 18.2 Å². The number of hydrogen-bond donors (Lipinski definition) is 4. The van der Waals surface area contributed by atoms with Crippen molar-refractivity contribution in [1.29, 1.82) is 0 Å². The zero-order valence-electron chi connectivity index (χ0n) is 20.4. The highest BCUT2D eigenvalue weighted by atomic mass is 31.2. The lowest BCUT2D eigenvalue weighted by molar-refractivity contribution is -0.117. The van der Waals surface area contributed by atoms with Crippen LogP contribution >= 0.6 is 7.14 Å². The molecule has 3 fully saturated rings. The molecule has 2 heterocycles. The van der Waals surface area contributed by atoms with Crippen molar-refractivity contribution in [1.82, 2.24) is 20.4 Å². The summed E-state index contributed by atoms with van der Waals surface area (Å²) in [7, 11) is -0.957. The normalized spacial score (nSPS) is 17.3. The summed E-state index contributed by atoms with van der Waals surface area (Å²) in [6, 6.07) is 8.87. The van der Waals surface area contributed by atoms with Gasteiger partial charge in [0.1, 0.15) is 7.14 Å². The smallest absolute Gasteiger partial charge is 0.271 e. The predicted octanol–water partition coefficient (Wildman–Crippen LogP) is 3.38. The summed E-state index contributed by atoms with van der Waals surface area (Å²) < 4.78 is 19.6. The molecule has 0 bridgehead atoms. The van der Waals surface area contributed by atoms with Crippen molar-refractivity contribution in [2.24, 2.45) is 11.7 Å². The van der Waals surface area contributed by atoms with Gasteiger partial charge in [0.05, 0.1) is 29.6 Å². The number of aromatic nitrogens is 4. The van der Waals surface area contributed by atoms with Crippen LogP contribution in [0.5, 0.6) is 5.75 Å². The molecule has 37 heavy (non-hydrogen) atoms. The molecule has 0 saturated heterocycles. The van der Waals surface area contributed by atoms with Crippen molar-refractivity contribution in [3.05, 3.63) is 36.0 Å². The summed E-state index contributed by atoms with van der Waals surface area (Å²) in [6.45, 7) is 0. The van der Waals surface area contributed by atoms with Gasteiger partial charge < -0.3 is 25.7 Å². The van der Waals surface area contributed by atoms with Gasteiger partial charge in [-0.25, -0.2) is 0 Å². The molecular formula is C25H28N7O4P. The monoisotopic (exact) mass is 521 g/mol. The third kappa shape index (κ3) is 4.48. The number of amides is 2. The number of benzene rings is 1. The molecule has 5 N–H and O–H groups in total. The van der Waals surface area contributed by atoms with E-state index in [9.17, 15) is 14.2 Å². The molecule has 3 aliphatic carbocycles. The molecule has 3 aliphatic rings. The van der Waals surface area contributed by atoms with Gasteiger partial charge in [0.25, 0.3) is 5.91 Å².